The standard InChI is InChI=1S/C10H11FN2O3/c1-5(10(15)16)13-9(14)6-2-3-8(12)7(11)4-6/h2-5H,12H2,1H3,(H,13,14)(H,15,16). The van der Waals surface area contributed by atoms with Gasteiger partial charge in [0.2, 0.25) is 0 Å². The van der Waals surface area contributed by atoms with Crippen molar-refractivity contribution in [1.82, 2.24) is 5.32 Å². The van der Waals surface area contributed by atoms with Crippen LogP contribution in [0.4, 0.5) is 10.1 Å². The fourth-order valence-electron chi connectivity index (χ4n) is 1.01. The number of carbonyl (C=O) groups excluding carboxylic acids is 1. The summed E-state index contributed by atoms with van der Waals surface area (Å²) in [6, 6.07) is 2.49. The molecule has 86 valence electrons. The van der Waals surface area contributed by atoms with Gasteiger partial charge >= 0.3 is 5.97 Å². The number of hydrogen-bond acceptors (Lipinski definition) is 3. The minimum atomic E-state index is -1.16. The molecule has 6 heteroatoms. The summed E-state index contributed by atoms with van der Waals surface area (Å²) in [5.74, 6) is -2.53. The monoisotopic (exact) mass is 226 g/mol. The molecule has 0 saturated heterocycles. The van der Waals surface area contributed by atoms with Gasteiger partial charge in [-0.05, 0) is 25.1 Å². The van der Waals surface area contributed by atoms with E-state index in [1.54, 1.807) is 0 Å². The molecular weight excluding hydrogens is 215 g/mol. The second kappa shape index (κ2) is 4.61. The first-order valence-electron chi connectivity index (χ1n) is 4.50. The molecule has 1 aromatic rings. The van der Waals surface area contributed by atoms with Crippen molar-refractivity contribution in [3.05, 3.63) is 29.6 Å². The van der Waals surface area contributed by atoms with Crippen LogP contribution in [0.5, 0.6) is 0 Å². The molecule has 4 N–H and O–H groups in total. The number of carboxylic acid groups (broad SMARTS) is 1. The van der Waals surface area contributed by atoms with Gasteiger partial charge in [-0.2, -0.15) is 0 Å². The van der Waals surface area contributed by atoms with Crippen LogP contribution in [0.3, 0.4) is 0 Å². The van der Waals surface area contributed by atoms with Gasteiger partial charge < -0.3 is 16.2 Å². The van der Waals surface area contributed by atoms with Crippen LogP contribution in [0.25, 0.3) is 0 Å². The van der Waals surface area contributed by atoms with E-state index >= 15 is 0 Å². The predicted molar refractivity (Wildman–Crippen MR) is 55.4 cm³/mol. The molecule has 1 aromatic carbocycles. The molecule has 0 radical (unpaired) electrons. The van der Waals surface area contributed by atoms with E-state index in [0.29, 0.717) is 0 Å². The summed E-state index contributed by atoms with van der Waals surface area (Å²) in [6.45, 7) is 1.31. The van der Waals surface area contributed by atoms with Crippen LogP contribution in [0.2, 0.25) is 0 Å². The summed E-state index contributed by atoms with van der Waals surface area (Å²) in [6.07, 6.45) is 0. The van der Waals surface area contributed by atoms with E-state index in [-0.39, 0.29) is 11.3 Å². The Balaban J connectivity index is 2.81. The predicted octanol–water partition coefficient (Wildman–Crippen LogP) is 0.611. The Bertz CT molecular complexity index is 434. The third-order valence-electron chi connectivity index (χ3n) is 1.98. The molecule has 0 aromatic heterocycles. The second-order valence-corrected chi connectivity index (χ2v) is 3.27. The molecule has 0 aliphatic heterocycles. The van der Waals surface area contributed by atoms with Crippen molar-refractivity contribution in [3.63, 3.8) is 0 Å². The van der Waals surface area contributed by atoms with Crippen LogP contribution in [0.15, 0.2) is 18.2 Å². The number of rotatable bonds is 3. The van der Waals surface area contributed by atoms with Gasteiger partial charge in [0.05, 0.1) is 5.69 Å². The van der Waals surface area contributed by atoms with Crippen LogP contribution in [-0.2, 0) is 4.79 Å². The molecule has 1 amide bonds. The first kappa shape index (κ1) is 12.0. The highest BCUT2D eigenvalue weighted by molar-refractivity contribution is 5.96. The zero-order chi connectivity index (χ0) is 12.3. The van der Waals surface area contributed by atoms with Gasteiger partial charge in [-0.25, -0.2) is 4.39 Å². The second-order valence-electron chi connectivity index (χ2n) is 3.27. The molecule has 1 atom stereocenters. The van der Waals surface area contributed by atoms with Gasteiger partial charge in [-0.1, -0.05) is 0 Å². The summed E-state index contributed by atoms with van der Waals surface area (Å²) < 4.78 is 13.0. The number of aliphatic carboxylic acids is 1. The molecular formula is C10H11FN2O3. The van der Waals surface area contributed by atoms with E-state index in [2.05, 4.69) is 5.32 Å². The maximum Gasteiger partial charge on any atom is 0.325 e. The van der Waals surface area contributed by atoms with Gasteiger partial charge in [0.25, 0.3) is 5.91 Å². The van der Waals surface area contributed by atoms with Crippen molar-refractivity contribution in [2.75, 3.05) is 5.73 Å². The summed E-state index contributed by atoms with van der Waals surface area (Å²) in [5, 5.41) is 10.8. The van der Waals surface area contributed by atoms with E-state index in [9.17, 15) is 14.0 Å². The van der Waals surface area contributed by atoms with Crippen molar-refractivity contribution in [3.8, 4) is 0 Å². The maximum atomic E-state index is 13.0. The highest BCUT2D eigenvalue weighted by Gasteiger charge is 2.15. The van der Waals surface area contributed by atoms with Crippen LogP contribution >= 0.6 is 0 Å². The number of nitrogen functional groups attached to an aromatic ring is 1. The Kier molecular flexibility index (Phi) is 3.44. The van der Waals surface area contributed by atoms with Crippen molar-refractivity contribution >= 4 is 17.6 Å². The molecule has 0 aliphatic rings. The molecule has 16 heavy (non-hydrogen) atoms. The highest BCUT2D eigenvalue weighted by atomic mass is 19.1. The summed E-state index contributed by atoms with van der Waals surface area (Å²) in [7, 11) is 0. The largest absolute Gasteiger partial charge is 0.480 e. The highest BCUT2D eigenvalue weighted by Crippen LogP contribution is 2.11. The minimum absolute atomic E-state index is 0.0276. The fraction of sp³-hybridized carbons (Fsp3) is 0.200. The van der Waals surface area contributed by atoms with Gasteiger partial charge in [0.15, 0.2) is 0 Å². The zero-order valence-electron chi connectivity index (χ0n) is 8.53. The quantitative estimate of drug-likeness (QED) is 0.658. The number of hydrogen-bond donors (Lipinski definition) is 3. The van der Waals surface area contributed by atoms with Gasteiger partial charge in [-0.15, -0.1) is 0 Å². The number of benzene rings is 1. The molecule has 5 nitrogen and oxygen atoms in total. The van der Waals surface area contributed by atoms with E-state index in [0.717, 1.165) is 6.07 Å². The third-order valence-corrected chi connectivity index (χ3v) is 1.98. The van der Waals surface area contributed by atoms with E-state index in [4.69, 9.17) is 10.8 Å². The maximum absolute atomic E-state index is 13.0. The number of carbonyl (C=O) groups is 2. The molecule has 0 aliphatic carbocycles. The van der Waals surface area contributed by atoms with Crippen molar-refractivity contribution in [2.24, 2.45) is 0 Å². The summed E-state index contributed by atoms with van der Waals surface area (Å²) >= 11 is 0. The Morgan fingerprint density at radius 3 is 2.62 bits per heavy atom. The minimum Gasteiger partial charge on any atom is -0.480 e. The molecule has 1 rings (SSSR count). The van der Waals surface area contributed by atoms with Crippen molar-refractivity contribution in [2.45, 2.75) is 13.0 Å². The van der Waals surface area contributed by atoms with Crippen LogP contribution in [-0.4, -0.2) is 23.0 Å². The average Bonchev–Trinajstić information content (AvgIpc) is 2.21. The first-order chi connectivity index (χ1) is 7.41. The SMILES string of the molecule is CC(NC(=O)c1ccc(N)c(F)c1)C(=O)O. The number of nitrogens with one attached hydrogen (secondary N) is 1. The number of anilines is 1. The van der Waals surface area contributed by atoms with E-state index in [1.807, 2.05) is 0 Å². The van der Waals surface area contributed by atoms with Crippen LogP contribution in [0.1, 0.15) is 17.3 Å². The zero-order valence-corrected chi connectivity index (χ0v) is 8.53. The van der Waals surface area contributed by atoms with E-state index in [1.165, 1.54) is 19.1 Å². The number of carboxylic acids is 1. The van der Waals surface area contributed by atoms with Crippen molar-refractivity contribution in [1.29, 1.82) is 0 Å². The lowest BCUT2D eigenvalue weighted by Gasteiger charge is -2.09. The molecule has 0 spiro atoms. The lowest BCUT2D eigenvalue weighted by Crippen LogP contribution is -2.38. The molecule has 0 saturated carbocycles. The third kappa shape index (κ3) is 2.69. The number of halogens is 1. The molecule has 0 fully saturated rings. The molecule has 0 heterocycles. The van der Waals surface area contributed by atoms with Gasteiger partial charge in [0, 0.05) is 5.56 Å². The first-order valence-corrected chi connectivity index (χ1v) is 4.50. The summed E-state index contributed by atoms with van der Waals surface area (Å²) in [4.78, 5) is 21.9. The average molecular weight is 226 g/mol. The summed E-state index contributed by atoms with van der Waals surface area (Å²) in [5.41, 5.74) is 5.20. The topological polar surface area (TPSA) is 92.4 Å². The Hall–Kier alpha value is -2.11. The fourth-order valence-corrected chi connectivity index (χ4v) is 1.01. The normalized spacial score (nSPS) is 11.9. The van der Waals surface area contributed by atoms with Gasteiger partial charge in [-0.3, -0.25) is 9.59 Å². The van der Waals surface area contributed by atoms with E-state index < -0.39 is 23.7 Å². The lowest BCUT2D eigenvalue weighted by atomic mass is 10.1. The van der Waals surface area contributed by atoms with Crippen molar-refractivity contribution < 1.29 is 19.1 Å². The number of amides is 1. The Labute approximate surface area is 91.1 Å². The molecule has 0 bridgehead atoms. The van der Waals surface area contributed by atoms with Crippen LogP contribution < -0.4 is 11.1 Å². The number of nitrogens with two attached hydrogens (primary N) is 1. The van der Waals surface area contributed by atoms with Crippen LogP contribution in [0, 0.1) is 5.82 Å². The Morgan fingerprint density at radius 2 is 2.12 bits per heavy atom. The van der Waals surface area contributed by atoms with Gasteiger partial charge in [0.1, 0.15) is 11.9 Å². The molecule has 1 unspecified atom stereocenters. The smallest absolute Gasteiger partial charge is 0.325 e. The Morgan fingerprint density at radius 1 is 1.50 bits per heavy atom. The lowest BCUT2D eigenvalue weighted by molar-refractivity contribution is -0.138.